The molecule has 1 atom stereocenters. The number of carbonyl (C=O) groups is 2. The van der Waals surface area contributed by atoms with Gasteiger partial charge in [0.15, 0.2) is 0 Å². The topological polar surface area (TPSA) is 92.8 Å². The Morgan fingerprint density at radius 2 is 2.00 bits per heavy atom. The van der Waals surface area contributed by atoms with Crippen molar-refractivity contribution in [2.75, 3.05) is 6.54 Å². The first kappa shape index (κ1) is 16.4. The highest BCUT2D eigenvalue weighted by Crippen LogP contribution is 2.26. The van der Waals surface area contributed by atoms with Gasteiger partial charge >= 0.3 is 5.97 Å². The number of benzene rings is 1. The summed E-state index contributed by atoms with van der Waals surface area (Å²) in [6.07, 6.45) is 1.09. The summed E-state index contributed by atoms with van der Waals surface area (Å²) >= 11 is 0. The lowest BCUT2D eigenvalue weighted by molar-refractivity contribution is -0.159. The van der Waals surface area contributed by atoms with Gasteiger partial charge in [-0.2, -0.15) is 9.79 Å². The van der Waals surface area contributed by atoms with Crippen molar-refractivity contribution in [3.63, 3.8) is 0 Å². The van der Waals surface area contributed by atoms with Crippen molar-refractivity contribution in [1.29, 1.82) is 0 Å². The molecule has 1 aromatic carbocycles. The second-order valence-electron chi connectivity index (χ2n) is 4.88. The Morgan fingerprint density at radius 1 is 1.32 bits per heavy atom. The predicted molar refractivity (Wildman–Crippen MR) is 77.9 cm³/mol. The highest BCUT2D eigenvalue weighted by atomic mass is 32.2. The lowest BCUT2D eigenvalue weighted by Crippen LogP contribution is -2.46. The third-order valence-corrected chi connectivity index (χ3v) is 5.33. The number of nitrogens with zero attached hydrogens (tertiary/aromatic N) is 1. The molecular formula is C14H18N2O5S. The largest absolute Gasteiger partial charge is 0.341 e. The van der Waals surface area contributed by atoms with Gasteiger partial charge in [0, 0.05) is 13.0 Å². The highest BCUT2D eigenvalue weighted by Gasteiger charge is 2.39. The van der Waals surface area contributed by atoms with Crippen molar-refractivity contribution in [2.24, 2.45) is 0 Å². The van der Waals surface area contributed by atoms with Crippen molar-refractivity contribution in [3.8, 4) is 0 Å². The van der Waals surface area contributed by atoms with Crippen LogP contribution in [-0.4, -0.2) is 37.2 Å². The first-order valence-electron chi connectivity index (χ1n) is 7.03. The van der Waals surface area contributed by atoms with Gasteiger partial charge in [0.2, 0.25) is 10.0 Å². The number of hydroxylamine groups is 1. The third kappa shape index (κ3) is 3.45. The summed E-state index contributed by atoms with van der Waals surface area (Å²) in [4.78, 5) is 27.8. The van der Waals surface area contributed by atoms with Crippen LogP contribution < -0.4 is 5.48 Å². The maximum Gasteiger partial charge on any atom is 0.331 e. The standard InChI is InChI=1S/C14H18N2O5S/c1-2-13(17)21-15-14(18)12-9-6-10-16(12)22(19,20)11-7-4-3-5-8-11/h3-5,7-8,12H,2,6,9-10H2,1H3,(H,15,18)/t12-/m0/s1. The van der Waals surface area contributed by atoms with Crippen molar-refractivity contribution >= 4 is 21.9 Å². The minimum absolute atomic E-state index is 0.122. The lowest BCUT2D eigenvalue weighted by Gasteiger charge is -2.22. The van der Waals surface area contributed by atoms with Crippen LogP contribution >= 0.6 is 0 Å². The van der Waals surface area contributed by atoms with Crippen molar-refractivity contribution in [3.05, 3.63) is 30.3 Å². The van der Waals surface area contributed by atoms with Gasteiger partial charge in [-0.25, -0.2) is 13.2 Å². The van der Waals surface area contributed by atoms with Crippen molar-refractivity contribution in [2.45, 2.75) is 37.1 Å². The van der Waals surface area contributed by atoms with Crippen LogP contribution in [0.1, 0.15) is 26.2 Å². The SMILES string of the molecule is CCC(=O)ONC(=O)[C@@H]1CCCN1S(=O)(=O)c1ccccc1. The first-order chi connectivity index (χ1) is 10.5. The Bertz CT molecular complexity index is 644. The molecule has 0 spiro atoms. The summed E-state index contributed by atoms with van der Waals surface area (Å²) in [6, 6.07) is 7.08. The van der Waals surface area contributed by atoms with E-state index in [0.717, 1.165) is 4.31 Å². The zero-order valence-corrected chi connectivity index (χ0v) is 13.0. The average molecular weight is 326 g/mol. The van der Waals surface area contributed by atoms with Gasteiger partial charge in [0.05, 0.1) is 4.90 Å². The Labute approximate surface area is 129 Å². The van der Waals surface area contributed by atoms with Crippen LogP contribution in [0.4, 0.5) is 0 Å². The summed E-state index contributed by atoms with van der Waals surface area (Å²) in [5.74, 6) is -1.21. The fourth-order valence-corrected chi connectivity index (χ4v) is 3.94. The minimum atomic E-state index is -3.75. The van der Waals surface area contributed by atoms with E-state index >= 15 is 0 Å². The van der Waals surface area contributed by atoms with Crippen molar-refractivity contribution in [1.82, 2.24) is 9.79 Å². The van der Waals surface area contributed by atoms with Crippen LogP contribution in [0.25, 0.3) is 0 Å². The molecule has 8 heteroatoms. The number of nitrogens with one attached hydrogen (secondary N) is 1. The van der Waals surface area contributed by atoms with E-state index < -0.39 is 27.9 Å². The molecule has 0 unspecified atom stereocenters. The number of hydrogen-bond acceptors (Lipinski definition) is 5. The molecule has 120 valence electrons. The molecule has 1 aliphatic heterocycles. The summed E-state index contributed by atoms with van der Waals surface area (Å²) in [5, 5.41) is 0. The Hall–Kier alpha value is -1.93. The van der Waals surface area contributed by atoms with Gasteiger partial charge in [-0.05, 0) is 25.0 Å². The van der Waals surface area contributed by atoms with Crippen LogP contribution in [0.3, 0.4) is 0 Å². The van der Waals surface area contributed by atoms with E-state index in [1.807, 2.05) is 5.48 Å². The quantitative estimate of drug-likeness (QED) is 0.827. The molecule has 1 saturated heterocycles. The molecule has 0 aliphatic carbocycles. The van der Waals surface area contributed by atoms with Gasteiger partial charge in [-0.3, -0.25) is 4.79 Å². The Morgan fingerprint density at radius 3 is 2.64 bits per heavy atom. The van der Waals surface area contributed by atoms with Crippen molar-refractivity contribution < 1.29 is 22.8 Å². The van der Waals surface area contributed by atoms with E-state index in [-0.39, 0.29) is 17.9 Å². The van der Waals surface area contributed by atoms with Crippen LogP contribution in [0.2, 0.25) is 0 Å². The number of sulfonamides is 1. The van der Waals surface area contributed by atoms with E-state index in [1.165, 1.54) is 12.1 Å². The zero-order chi connectivity index (χ0) is 16.2. The van der Waals surface area contributed by atoms with Crippen LogP contribution in [-0.2, 0) is 24.4 Å². The fourth-order valence-electron chi connectivity index (χ4n) is 2.27. The van der Waals surface area contributed by atoms with Gasteiger partial charge < -0.3 is 4.84 Å². The number of hydrogen-bond donors (Lipinski definition) is 1. The molecule has 0 aromatic heterocycles. The smallest absolute Gasteiger partial charge is 0.331 e. The van der Waals surface area contributed by atoms with Crippen LogP contribution in [0.15, 0.2) is 35.2 Å². The maximum absolute atomic E-state index is 12.6. The normalized spacial score (nSPS) is 18.9. The molecule has 1 amide bonds. The summed E-state index contributed by atoms with van der Waals surface area (Å²) < 4.78 is 26.3. The van der Waals surface area contributed by atoms with Crippen LogP contribution in [0, 0.1) is 0 Å². The van der Waals surface area contributed by atoms with Gasteiger partial charge in [-0.1, -0.05) is 25.1 Å². The third-order valence-electron chi connectivity index (χ3n) is 3.41. The molecule has 0 bridgehead atoms. The second kappa shape index (κ2) is 6.89. The second-order valence-corrected chi connectivity index (χ2v) is 6.77. The maximum atomic E-state index is 12.6. The molecule has 1 fully saturated rings. The van der Waals surface area contributed by atoms with E-state index in [2.05, 4.69) is 4.84 Å². The summed E-state index contributed by atoms with van der Waals surface area (Å²) in [5.41, 5.74) is 2.03. The fraction of sp³-hybridized carbons (Fsp3) is 0.429. The van der Waals surface area contributed by atoms with Crippen LogP contribution in [0.5, 0.6) is 0 Å². The Balaban J connectivity index is 2.13. The lowest BCUT2D eigenvalue weighted by atomic mass is 10.2. The molecule has 2 rings (SSSR count). The predicted octanol–water partition coefficient (Wildman–Crippen LogP) is 0.824. The van der Waals surface area contributed by atoms with Gasteiger partial charge in [-0.15, -0.1) is 0 Å². The summed E-state index contributed by atoms with van der Waals surface area (Å²) in [7, 11) is -3.75. The molecular weight excluding hydrogens is 308 g/mol. The molecule has 1 N–H and O–H groups in total. The molecule has 0 radical (unpaired) electrons. The van der Waals surface area contributed by atoms with E-state index in [9.17, 15) is 18.0 Å². The minimum Gasteiger partial charge on any atom is -0.341 e. The molecule has 22 heavy (non-hydrogen) atoms. The summed E-state index contributed by atoms with van der Waals surface area (Å²) in [6.45, 7) is 1.85. The average Bonchev–Trinajstić information content (AvgIpc) is 3.03. The monoisotopic (exact) mass is 326 g/mol. The number of rotatable bonds is 4. The molecule has 1 heterocycles. The molecule has 1 aliphatic rings. The molecule has 0 saturated carbocycles. The van der Waals surface area contributed by atoms with E-state index in [0.29, 0.717) is 12.8 Å². The Kier molecular flexibility index (Phi) is 5.15. The zero-order valence-electron chi connectivity index (χ0n) is 12.2. The molecule has 1 aromatic rings. The first-order valence-corrected chi connectivity index (χ1v) is 8.47. The molecule has 7 nitrogen and oxygen atoms in total. The number of amides is 1. The van der Waals surface area contributed by atoms with Gasteiger partial charge in [0.25, 0.3) is 5.91 Å². The number of carbonyl (C=O) groups excluding carboxylic acids is 2. The van der Waals surface area contributed by atoms with E-state index in [4.69, 9.17) is 0 Å². The van der Waals surface area contributed by atoms with E-state index in [1.54, 1.807) is 25.1 Å². The van der Waals surface area contributed by atoms with Gasteiger partial charge in [0.1, 0.15) is 6.04 Å². The highest BCUT2D eigenvalue weighted by molar-refractivity contribution is 7.89.